The van der Waals surface area contributed by atoms with Crippen LogP contribution >= 0.6 is 15.9 Å². The molecule has 3 nitrogen and oxygen atoms in total. The lowest BCUT2D eigenvalue weighted by molar-refractivity contribution is 0.388. The average molecular weight is 274 g/mol. The lowest BCUT2D eigenvalue weighted by Crippen LogP contribution is -2.12. The zero-order chi connectivity index (χ0) is 11.3. The number of ether oxygens (including phenoxy) is 2. The van der Waals surface area contributed by atoms with E-state index in [-0.39, 0.29) is 0 Å². The summed E-state index contributed by atoms with van der Waals surface area (Å²) >= 11 is 3.45. The van der Waals surface area contributed by atoms with Gasteiger partial charge in [0.1, 0.15) is 11.5 Å². The molecule has 0 saturated carbocycles. The van der Waals surface area contributed by atoms with Crippen LogP contribution in [0, 0.1) is 0 Å². The Hall–Kier alpha value is -0.740. The van der Waals surface area contributed by atoms with E-state index in [1.165, 1.54) is 0 Å². The first-order chi connectivity index (χ1) is 7.22. The highest BCUT2D eigenvalue weighted by Crippen LogP contribution is 2.32. The Labute approximate surface area is 98.9 Å². The molecule has 0 spiro atoms. The third-order valence-corrected chi connectivity index (χ3v) is 2.74. The minimum atomic E-state index is 0.784. The fraction of sp³-hybridized carbons (Fsp3) is 0.455. The van der Waals surface area contributed by atoms with Crippen LogP contribution in [0.5, 0.6) is 11.5 Å². The minimum Gasteiger partial charge on any atom is -0.496 e. The lowest BCUT2D eigenvalue weighted by atomic mass is 10.2. The molecule has 0 unspecified atom stereocenters. The predicted octanol–water partition coefficient (Wildman–Crippen LogP) is 2.58. The van der Waals surface area contributed by atoms with Gasteiger partial charge in [0.05, 0.1) is 18.7 Å². The van der Waals surface area contributed by atoms with E-state index < -0.39 is 0 Å². The summed E-state index contributed by atoms with van der Waals surface area (Å²) < 4.78 is 11.4. The van der Waals surface area contributed by atoms with E-state index in [0.29, 0.717) is 0 Å². The summed E-state index contributed by atoms with van der Waals surface area (Å²) in [5, 5.41) is 3.26. The molecule has 1 aromatic rings. The number of benzene rings is 1. The zero-order valence-electron chi connectivity index (χ0n) is 9.26. The quantitative estimate of drug-likeness (QED) is 0.895. The van der Waals surface area contributed by atoms with E-state index in [1.807, 2.05) is 12.1 Å². The topological polar surface area (TPSA) is 30.5 Å². The maximum atomic E-state index is 5.30. The minimum absolute atomic E-state index is 0.784. The number of nitrogens with one attached hydrogen (secondary N) is 1. The Kier molecular flexibility index (Phi) is 4.91. The largest absolute Gasteiger partial charge is 0.496 e. The molecule has 0 radical (unpaired) electrons. The van der Waals surface area contributed by atoms with Crippen molar-refractivity contribution in [2.24, 2.45) is 0 Å². The Morgan fingerprint density at radius 2 is 1.87 bits per heavy atom. The van der Waals surface area contributed by atoms with Crippen LogP contribution in [0.15, 0.2) is 16.6 Å². The molecule has 15 heavy (non-hydrogen) atoms. The van der Waals surface area contributed by atoms with Gasteiger partial charge >= 0.3 is 0 Å². The Morgan fingerprint density at radius 3 is 2.40 bits per heavy atom. The van der Waals surface area contributed by atoms with Crippen LogP contribution in [0.25, 0.3) is 0 Å². The maximum absolute atomic E-state index is 5.30. The molecular formula is C11H16BrNO2. The fourth-order valence-electron chi connectivity index (χ4n) is 1.32. The van der Waals surface area contributed by atoms with Crippen molar-refractivity contribution in [2.75, 3.05) is 20.8 Å². The number of halogens is 1. The molecule has 0 aliphatic heterocycles. The average Bonchev–Trinajstić information content (AvgIpc) is 2.26. The highest BCUT2D eigenvalue weighted by Gasteiger charge is 2.08. The summed E-state index contributed by atoms with van der Waals surface area (Å²) in [4.78, 5) is 0. The van der Waals surface area contributed by atoms with Crippen LogP contribution in [0.2, 0.25) is 0 Å². The van der Waals surface area contributed by atoms with Crippen molar-refractivity contribution in [3.63, 3.8) is 0 Å². The first kappa shape index (κ1) is 12.3. The van der Waals surface area contributed by atoms with Crippen molar-refractivity contribution in [1.29, 1.82) is 0 Å². The van der Waals surface area contributed by atoms with Gasteiger partial charge in [-0.15, -0.1) is 0 Å². The van der Waals surface area contributed by atoms with Crippen molar-refractivity contribution < 1.29 is 9.47 Å². The summed E-state index contributed by atoms with van der Waals surface area (Å²) in [6, 6.07) is 3.90. The van der Waals surface area contributed by atoms with E-state index in [9.17, 15) is 0 Å². The van der Waals surface area contributed by atoms with Gasteiger partial charge in [-0.25, -0.2) is 0 Å². The zero-order valence-corrected chi connectivity index (χ0v) is 10.8. The molecule has 0 aromatic heterocycles. The van der Waals surface area contributed by atoms with Crippen LogP contribution < -0.4 is 14.8 Å². The molecule has 4 heteroatoms. The number of rotatable bonds is 5. The van der Waals surface area contributed by atoms with E-state index >= 15 is 0 Å². The molecule has 1 aromatic carbocycles. The molecule has 0 atom stereocenters. The van der Waals surface area contributed by atoms with Crippen LogP contribution in [-0.2, 0) is 6.54 Å². The first-order valence-corrected chi connectivity index (χ1v) is 5.63. The molecule has 0 saturated heterocycles. The maximum Gasteiger partial charge on any atom is 0.136 e. The lowest BCUT2D eigenvalue weighted by Gasteiger charge is -2.12. The summed E-state index contributed by atoms with van der Waals surface area (Å²) in [5.74, 6) is 1.63. The van der Waals surface area contributed by atoms with Gasteiger partial charge in [0, 0.05) is 18.2 Å². The Balaban J connectivity index is 2.98. The molecule has 0 fully saturated rings. The normalized spacial score (nSPS) is 10.1. The smallest absolute Gasteiger partial charge is 0.136 e. The van der Waals surface area contributed by atoms with Crippen LogP contribution in [0.4, 0.5) is 0 Å². The molecule has 1 rings (SSSR count). The Morgan fingerprint density at radius 1 is 1.20 bits per heavy atom. The SMILES string of the molecule is CCNCc1cc(Br)c(OC)cc1OC. The van der Waals surface area contributed by atoms with E-state index in [1.54, 1.807) is 14.2 Å². The van der Waals surface area contributed by atoms with Gasteiger partial charge in [-0.3, -0.25) is 0 Å². The third kappa shape index (κ3) is 3.11. The van der Waals surface area contributed by atoms with Crippen molar-refractivity contribution >= 4 is 15.9 Å². The van der Waals surface area contributed by atoms with E-state index in [2.05, 4.69) is 28.2 Å². The first-order valence-electron chi connectivity index (χ1n) is 4.84. The van der Waals surface area contributed by atoms with Gasteiger partial charge in [0.15, 0.2) is 0 Å². The summed E-state index contributed by atoms with van der Waals surface area (Å²) in [6.45, 7) is 3.81. The second kappa shape index (κ2) is 5.98. The standard InChI is InChI=1S/C11H16BrNO2/c1-4-13-7-8-5-9(12)11(15-3)6-10(8)14-2/h5-6,13H,4,7H2,1-3H3. The van der Waals surface area contributed by atoms with Crippen LogP contribution in [0.1, 0.15) is 12.5 Å². The number of hydrogen-bond donors (Lipinski definition) is 1. The molecule has 1 N–H and O–H groups in total. The van der Waals surface area contributed by atoms with Gasteiger partial charge < -0.3 is 14.8 Å². The van der Waals surface area contributed by atoms with Gasteiger partial charge in [-0.2, -0.15) is 0 Å². The fourth-order valence-corrected chi connectivity index (χ4v) is 1.87. The van der Waals surface area contributed by atoms with Crippen molar-refractivity contribution in [2.45, 2.75) is 13.5 Å². The van der Waals surface area contributed by atoms with Crippen molar-refractivity contribution in [3.05, 3.63) is 22.2 Å². The Bertz CT molecular complexity index is 329. The van der Waals surface area contributed by atoms with Crippen molar-refractivity contribution in [3.8, 4) is 11.5 Å². The predicted molar refractivity (Wildman–Crippen MR) is 64.6 cm³/mol. The molecule has 0 heterocycles. The molecule has 0 amide bonds. The molecule has 0 aliphatic carbocycles. The molecular weight excluding hydrogens is 258 g/mol. The third-order valence-electron chi connectivity index (χ3n) is 2.12. The molecule has 0 aliphatic rings. The summed E-state index contributed by atoms with van der Waals surface area (Å²) in [7, 11) is 3.31. The van der Waals surface area contributed by atoms with Gasteiger partial charge in [-0.05, 0) is 28.5 Å². The number of hydrogen-bond acceptors (Lipinski definition) is 3. The second-order valence-corrected chi connectivity index (χ2v) is 3.93. The van der Waals surface area contributed by atoms with E-state index in [4.69, 9.17) is 9.47 Å². The highest BCUT2D eigenvalue weighted by molar-refractivity contribution is 9.10. The summed E-state index contributed by atoms with van der Waals surface area (Å²) in [6.07, 6.45) is 0. The monoisotopic (exact) mass is 273 g/mol. The van der Waals surface area contributed by atoms with Gasteiger partial charge in [0.25, 0.3) is 0 Å². The molecule has 0 bridgehead atoms. The number of methoxy groups -OCH3 is 2. The van der Waals surface area contributed by atoms with Crippen molar-refractivity contribution in [1.82, 2.24) is 5.32 Å². The van der Waals surface area contributed by atoms with Crippen LogP contribution in [0.3, 0.4) is 0 Å². The highest BCUT2D eigenvalue weighted by atomic mass is 79.9. The van der Waals surface area contributed by atoms with Gasteiger partial charge in [-0.1, -0.05) is 6.92 Å². The molecule has 84 valence electrons. The van der Waals surface area contributed by atoms with E-state index in [0.717, 1.165) is 34.6 Å². The van der Waals surface area contributed by atoms with Gasteiger partial charge in [0.2, 0.25) is 0 Å². The summed E-state index contributed by atoms with van der Waals surface area (Å²) in [5.41, 5.74) is 1.12. The van der Waals surface area contributed by atoms with Crippen LogP contribution in [-0.4, -0.2) is 20.8 Å². The second-order valence-electron chi connectivity index (χ2n) is 3.08.